The second-order valence-electron chi connectivity index (χ2n) is 16.4. The summed E-state index contributed by atoms with van der Waals surface area (Å²) in [7, 11) is 0. The molecule has 0 amide bonds. The highest BCUT2D eigenvalue weighted by molar-refractivity contribution is 6.12. The lowest BCUT2D eigenvalue weighted by molar-refractivity contribution is 0.669. The van der Waals surface area contributed by atoms with E-state index in [4.69, 9.17) is 4.42 Å². The summed E-state index contributed by atoms with van der Waals surface area (Å²) >= 11 is 0. The van der Waals surface area contributed by atoms with Gasteiger partial charge in [-0.15, -0.1) is 0 Å². The molecule has 1 aliphatic rings. The van der Waals surface area contributed by atoms with E-state index in [0.717, 1.165) is 50.1 Å². The van der Waals surface area contributed by atoms with Crippen molar-refractivity contribution in [2.75, 3.05) is 4.90 Å². The molecule has 0 N–H and O–H groups in total. The zero-order valence-electron chi connectivity index (χ0n) is 34.5. The molecule has 1 aromatic heterocycles. The first-order valence-electron chi connectivity index (χ1n) is 21.7. The second kappa shape index (κ2) is 15.1. The summed E-state index contributed by atoms with van der Waals surface area (Å²) in [5.74, 6) is 0. The van der Waals surface area contributed by atoms with E-state index < -0.39 is 5.41 Å². The van der Waals surface area contributed by atoms with Crippen LogP contribution in [0.15, 0.2) is 253 Å². The van der Waals surface area contributed by atoms with Crippen molar-refractivity contribution in [2.24, 2.45) is 0 Å². The summed E-state index contributed by atoms with van der Waals surface area (Å²) in [5.41, 5.74) is 19.0. The van der Waals surface area contributed by atoms with Gasteiger partial charge >= 0.3 is 0 Å². The van der Waals surface area contributed by atoms with Gasteiger partial charge in [-0.05, 0) is 104 Å². The van der Waals surface area contributed by atoms with E-state index in [1.165, 1.54) is 55.6 Å². The molecule has 0 spiro atoms. The van der Waals surface area contributed by atoms with Gasteiger partial charge in [-0.1, -0.05) is 206 Å². The molecule has 0 bridgehead atoms. The van der Waals surface area contributed by atoms with Gasteiger partial charge in [-0.25, -0.2) is 0 Å². The van der Waals surface area contributed by atoms with Crippen LogP contribution in [0.1, 0.15) is 22.3 Å². The maximum atomic E-state index is 6.32. The molecule has 296 valence electrons. The molecule has 63 heavy (non-hydrogen) atoms. The molecule has 0 aliphatic heterocycles. The number of nitrogens with zero attached hydrogens (tertiary/aromatic N) is 1. The van der Waals surface area contributed by atoms with Crippen molar-refractivity contribution in [3.63, 3.8) is 0 Å². The molecular weight excluding hydrogens is 763 g/mol. The van der Waals surface area contributed by atoms with Crippen LogP contribution >= 0.6 is 0 Å². The molecule has 0 radical (unpaired) electrons. The van der Waals surface area contributed by atoms with Crippen LogP contribution in [0.3, 0.4) is 0 Å². The molecular formula is C61H41NO. The predicted molar refractivity (Wildman–Crippen MR) is 262 cm³/mol. The molecule has 0 fully saturated rings. The summed E-state index contributed by atoms with van der Waals surface area (Å²) in [6.07, 6.45) is 0. The third-order valence-electron chi connectivity index (χ3n) is 13.0. The minimum Gasteiger partial charge on any atom is -0.456 e. The SMILES string of the molecule is c1ccc(-c2ccc(N(c3ccc(-c4cccc5oc6ccccc6c45)cc3)c3cccc4c3C(c3ccccc3)(c3ccc(-c5ccccc5)cc3)c3ccccc3-4)cc2)cc1. The lowest BCUT2D eigenvalue weighted by Crippen LogP contribution is -2.30. The van der Waals surface area contributed by atoms with Gasteiger partial charge in [0.1, 0.15) is 11.2 Å². The van der Waals surface area contributed by atoms with Gasteiger partial charge in [0.05, 0.1) is 11.1 Å². The first-order valence-corrected chi connectivity index (χ1v) is 21.7. The number of fused-ring (bicyclic) bond motifs is 6. The van der Waals surface area contributed by atoms with Gasteiger partial charge in [0.15, 0.2) is 0 Å². The van der Waals surface area contributed by atoms with E-state index in [1.54, 1.807) is 0 Å². The number of para-hydroxylation sites is 1. The maximum absolute atomic E-state index is 6.32. The molecule has 1 atom stereocenters. The van der Waals surface area contributed by atoms with E-state index in [-0.39, 0.29) is 0 Å². The average Bonchev–Trinajstić information content (AvgIpc) is 3.90. The summed E-state index contributed by atoms with van der Waals surface area (Å²) in [6, 6.07) is 90.4. The number of furan rings is 1. The number of rotatable bonds is 8. The molecule has 2 nitrogen and oxygen atoms in total. The normalized spacial score (nSPS) is 14.1. The van der Waals surface area contributed by atoms with E-state index in [1.807, 2.05) is 12.1 Å². The molecule has 0 saturated heterocycles. The number of benzene rings is 10. The monoisotopic (exact) mass is 803 g/mol. The van der Waals surface area contributed by atoms with Crippen molar-refractivity contribution in [3.8, 4) is 44.5 Å². The van der Waals surface area contributed by atoms with Crippen LogP contribution in [0.25, 0.3) is 66.4 Å². The molecule has 1 unspecified atom stereocenters. The Bertz CT molecular complexity index is 3410. The minimum atomic E-state index is -0.626. The average molecular weight is 804 g/mol. The lowest BCUT2D eigenvalue weighted by Gasteiger charge is -2.38. The molecule has 11 aromatic rings. The summed E-state index contributed by atoms with van der Waals surface area (Å²) in [6.45, 7) is 0. The molecule has 2 heteroatoms. The highest BCUT2D eigenvalue weighted by Crippen LogP contribution is 2.60. The van der Waals surface area contributed by atoms with E-state index in [2.05, 4.69) is 241 Å². The van der Waals surface area contributed by atoms with Gasteiger partial charge in [-0.3, -0.25) is 0 Å². The third-order valence-corrected chi connectivity index (χ3v) is 13.0. The Morgan fingerprint density at radius 2 is 0.794 bits per heavy atom. The second-order valence-corrected chi connectivity index (χ2v) is 16.4. The molecule has 1 heterocycles. The van der Waals surface area contributed by atoms with Crippen LogP contribution in [0.5, 0.6) is 0 Å². The third kappa shape index (κ3) is 5.95. The van der Waals surface area contributed by atoms with Crippen LogP contribution in [0, 0.1) is 0 Å². The van der Waals surface area contributed by atoms with Crippen molar-refractivity contribution in [1.82, 2.24) is 0 Å². The van der Waals surface area contributed by atoms with E-state index in [0.29, 0.717) is 0 Å². The summed E-state index contributed by atoms with van der Waals surface area (Å²) in [4.78, 5) is 2.47. The Kier molecular flexibility index (Phi) is 8.76. The van der Waals surface area contributed by atoms with Gasteiger partial charge < -0.3 is 9.32 Å². The van der Waals surface area contributed by atoms with Crippen LogP contribution in [-0.2, 0) is 5.41 Å². The fourth-order valence-corrected chi connectivity index (χ4v) is 10.2. The van der Waals surface area contributed by atoms with Gasteiger partial charge in [0, 0.05) is 27.7 Å². The first-order chi connectivity index (χ1) is 31.3. The number of anilines is 3. The van der Waals surface area contributed by atoms with Crippen molar-refractivity contribution < 1.29 is 4.42 Å². The highest BCUT2D eigenvalue weighted by Gasteiger charge is 2.48. The Morgan fingerprint density at radius 3 is 1.48 bits per heavy atom. The quantitative estimate of drug-likeness (QED) is 0.152. The summed E-state index contributed by atoms with van der Waals surface area (Å²) < 4.78 is 6.32. The van der Waals surface area contributed by atoms with Crippen LogP contribution in [0.4, 0.5) is 17.1 Å². The zero-order valence-corrected chi connectivity index (χ0v) is 34.5. The Balaban J connectivity index is 1.09. The summed E-state index contributed by atoms with van der Waals surface area (Å²) in [5, 5.41) is 2.26. The Morgan fingerprint density at radius 1 is 0.317 bits per heavy atom. The minimum absolute atomic E-state index is 0.626. The Hall–Kier alpha value is -8.20. The van der Waals surface area contributed by atoms with Crippen LogP contribution in [-0.4, -0.2) is 0 Å². The van der Waals surface area contributed by atoms with Crippen molar-refractivity contribution >= 4 is 39.0 Å². The van der Waals surface area contributed by atoms with E-state index >= 15 is 0 Å². The zero-order chi connectivity index (χ0) is 41.7. The molecule has 1 aliphatic carbocycles. The van der Waals surface area contributed by atoms with Crippen LogP contribution in [0.2, 0.25) is 0 Å². The fourth-order valence-electron chi connectivity index (χ4n) is 10.2. The Labute approximate surface area is 367 Å². The smallest absolute Gasteiger partial charge is 0.136 e. The van der Waals surface area contributed by atoms with Gasteiger partial charge in [0.2, 0.25) is 0 Å². The van der Waals surface area contributed by atoms with Gasteiger partial charge in [0.25, 0.3) is 0 Å². The lowest BCUT2D eigenvalue weighted by atomic mass is 9.67. The standard InChI is InChI=1S/C61H41NO/c1-4-16-42(17-5-1)44-30-36-48(37-31-44)61(47-20-8-3-9-21-47)55-26-12-10-22-52(55)53-25-14-27-56(60(53)61)62(49-38-32-45(33-39-49)43-18-6-2-7-19-43)50-40-34-46(35-41-50)51-24-15-29-58-59(51)54-23-11-13-28-57(54)63-58/h1-41H. The van der Waals surface area contributed by atoms with Crippen molar-refractivity contribution in [1.29, 1.82) is 0 Å². The maximum Gasteiger partial charge on any atom is 0.136 e. The molecule has 10 aromatic carbocycles. The first kappa shape index (κ1) is 36.6. The largest absolute Gasteiger partial charge is 0.456 e. The van der Waals surface area contributed by atoms with Crippen LogP contribution < -0.4 is 4.90 Å². The number of hydrogen-bond acceptors (Lipinski definition) is 2. The van der Waals surface area contributed by atoms with E-state index in [9.17, 15) is 0 Å². The van der Waals surface area contributed by atoms with Crippen molar-refractivity contribution in [2.45, 2.75) is 5.41 Å². The highest BCUT2D eigenvalue weighted by atomic mass is 16.3. The van der Waals surface area contributed by atoms with Crippen molar-refractivity contribution in [3.05, 3.63) is 271 Å². The molecule has 0 saturated carbocycles. The predicted octanol–water partition coefficient (Wildman–Crippen LogP) is 16.4. The molecule has 12 rings (SSSR count). The number of hydrogen-bond donors (Lipinski definition) is 0. The van der Waals surface area contributed by atoms with Gasteiger partial charge in [-0.2, -0.15) is 0 Å². The fraction of sp³-hybridized carbons (Fsp3) is 0.0164. The topological polar surface area (TPSA) is 16.4 Å².